The fourth-order valence-corrected chi connectivity index (χ4v) is 4.21. The summed E-state index contributed by atoms with van der Waals surface area (Å²) in [5.41, 5.74) is 4.84. The van der Waals surface area contributed by atoms with Crippen LogP contribution in [0.25, 0.3) is 22.4 Å². The molecule has 0 amide bonds. The molecule has 0 bridgehead atoms. The van der Waals surface area contributed by atoms with Gasteiger partial charge in [0.05, 0.1) is 5.69 Å². The van der Waals surface area contributed by atoms with Crippen molar-refractivity contribution in [3.63, 3.8) is 0 Å². The Bertz CT molecular complexity index is 1390. The Morgan fingerprint density at radius 1 is 1.09 bits per heavy atom. The van der Waals surface area contributed by atoms with E-state index in [4.69, 9.17) is 14.2 Å². The standard InChI is InChI=1S/C25H20N4O4/c30-25-28-23(31-14-19-15-32-24-22(33-19)4-2-9-27-24)12-21-20-6-5-16(18-3-1-8-26-13-18)11-17(20)7-10-29(21)25/h1-6,8-9,11-13,19H,7,10,14-15H2. The Labute approximate surface area is 189 Å². The van der Waals surface area contributed by atoms with Crippen LogP contribution in [0.4, 0.5) is 0 Å². The number of fused-ring (bicyclic) bond motifs is 4. The number of hydrogen-bond acceptors (Lipinski definition) is 7. The zero-order valence-corrected chi connectivity index (χ0v) is 17.7. The van der Waals surface area contributed by atoms with Crippen molar-refractivity contribution in [1.29, 1.82) is 0 Å². The van der Waals surface area contributed by atoms with Gasteiger partial charge in [-0.1, -0.05) is 24.3 Å². The van der Waals surface area contributed by atoms with E-state index in [1.165, 1.54) is 5.56 Å². The maximum Gasteiger partial charge on any atom is 0.351 e. The molecular formula is C25H20N4O4. The van der Waals surface area contributed by atoms with Gasteiger partial charge in [-0.05, 0) is 41.3 Å². The zero-order chi connectivity index (χ0) is 22.2. The predicted molar refractivity (Wildman–Crippen MR) is 121 cm³/mol. The van der Waals surface area contributed by atoms with Gasteiger partial charge in [-0.3, -0.25) is 9.55 Å². The summed E-state index contributed by atoms with van der Waals surface area (Å²) in [6.07, 6.45) is 5.71. The Morgan fingerprint density at radius 3 is 2.94 bits per heavy atom. The Kier molecular flexibility index (Phi) is 4.75. The van der Waals surface area contributed by atoms with Gasteiger partial charge in [-0.25, -0.2) is 9.78 Å². The molecule has 0 saturated heterocycles. The molecule has 0 aliphatic carbocycles. The summed E-state index contributed by atoms with van der Waals surface area (Å²) in [5.74, 6) is 1.33. The number of rotatable bonds is 4. The highest BCUT2D eigenvalue weighted by Crippen LogP contribution is 2.33. The maximum absolute atomic E-state index is 12.7. The van der Waals surface area contributed by atoms with Crippen LogP contribution >= 0.6 is 0 Å². The lowest BCUT2D eigenvalue weighted by Crippen LogP contribution is -2.35. The minimum Gasteiger partial charge on any atom is -0.478 e. The third-order valence-electron chi connectivity index (χ3n) is 5.82. The lowest BCUT2D eigenvalue weighted by atomic mass is 9.94. The topological polar surface area (TPSA) is 88.4 Å². The Balaban J connectivity index is 1.25. The van der Waals surface area contributed by atoms with E-state index in [0.717, 1.165) is 28.8 Å². The van der Waals surface area contributed by atoms with Gasteiger partial charge in [0.15, 0.2) is 11.9 Å². The highest BCUT2D eigenvalue weighted by molar-refractivity contribution is 5.73. The third-order valence-corrected chi connectivity index (χ3v) is 5.82. The number of aryl methyl sites for hydroxylation is 1. The van der Waals surface area contributed by atoms with Crippen molar-refractivity contribution in [2.75, 3.05) is 13.2 Å². The van der Waals surface area contributed by atoms with E-state index in [1.807, 2.05) is 30.5 Å². The Morgan fingerprint density at radius 2 is 2.03 bits per heavy atom. The van der Waals surface area contributed by atoms with Crippen LogP contribution in [0.2, 0.25) is 0 Å². The van der Waals surface area contributed by atoms with Gasteiger partial charge in [-0.15, -0.1) is 0 Å². The van der Waals surface area contributed by atoms with Crippen LogP contribution in [0, 0.1) is 0 Å². The van der Waals surface area contributed by atoms with Crippen molar-refractivity contribution >= 4 is 0 Å². The first-order valence-corrected chi connectivity index (χ1v) is 10.8. The van der Waals surface area contributed by atoms with E-state index >= 15 is 0 Å². The van der Waals surface area contributed by atoms with E-state index in [9.17, 15) is 4.79 Å². The molecule has 1 unspecified atom stereocenters. The van der Waals surface area contributed by atoms with Gasteiger partial charge in [0, 0.05) is 36.8 Å². The summed E-state index contributed by atoms with van der Waals surface area (Å²) < 4.78 is 19.1. The van der Waals surface area contributed by atoms with Crippen molar-refractivity contribution in [1.82, 2.24) is 19.5 Å². The molecule has 0 spiro atoms. The first kappa shape index (κ1) is 19.5. The highest BCUT2D eigenvalue weighted by Gasteiger charge is 2.24. The first-order valence-electron chi connectivity index (χ1n) is 10.8. The highest BCUT2D eigenvalue weighted by atomic mass is 16.6. The quantitative estimate of drug-likeness (QED) is 0.482. The molecule has 0 fully saturated rings. The second kappa shape index (κ2) is 8.05. The van der Waals surface area contributed by atoms with Crippen LogP contribution in [0.15, 0.2) is 71.9 Å². The molecule has 33 heavy (non-hydrogen) atoms. The van der Waals surface area contributed by atoms with Crippen LogP contribution in [-0.4, -0.2) is 38.8 Å². The normalized spacial score (nSPS) is 15.9. The second-order valence-corrected chi connectivity index (χ2v) is 7.95. The summed E-state index contributed by atoms with van der Waals surface area (Å²) in [7, 11) is 0. The number of ether oxygens (including phenoxy) is 3. The minimum atomic E-state index is -0.323. The van der Waals surface area contributed by atoms with Crippen molar-refractivity contribution < 1.29 is 14.2 Å². The summed E-state index contributed by atoms with van der Waals surface area (Å²) in [6, 6.07) is 15.6. The second-order valence-electron chi connectivity index (χ2n) is 7.95. The smallest absolute Gasteiger partial charge is 0.351 e. The van der Waals surface area contributed by atoms with Crippen LogP contribution in [0.5, 0.6) is 17.5 Å². The predicted octanol–water partition coefficient (Wildman–Crippen LogP) is 3.14. The number of benzene rings is 1. The lowest BCUT2D eigenvalue weighted by molar-refractivity contribution is 0.0486. The summed E-state index contributed by atoms with van der Waals surface area (Å²) in [5, 5.41) is 0. The lowest BCUT2D eigenvalue weighted by Gasteiger charge is -2.26. The molecule has 2 aliphatic heterocycles. The number of hydrogen-bond donors (Lipinski definition) is 0. The molecule has 1 aromatic carbocycles. The summed E-state index contributed by atoms with van der Waals surface area (Å²) in [4.78, 5) is 25.2. The van der Waals surface area contributed by atoms with E-state index < -0.39 is 0 Å². The number of aromatic nitrogens is 4. The third kappa shape index (κ3) is 3.69. The molecule has 0 saturated carbocycles. The molecule has 164 valence electrons. The van der Waals surface area contributed by atoms with Crippen molar-refractivity contribution in [3.8, 4) is 39.9 Å². The molecule has 8 heteroatoms. The summed E-state index contributed by atoms with van der Waals surface area (Å²) in [6.45, 7) is 1.10. The number of pyridine rings is 2. The van der Waals surface area contributed by atoms with E-state index in [-0.39, 0.29) is 24.3 Å². The average Bonchev–Trinajstić information content (AvgIpc) is 2.87. The van der Waals surface area contributed by atoms with Gasteiger partial charge in [0.2, 0.25) is 5.88 Å². The van der Waals surface area contributed by atoms with Crippen LogP contribution in [0.3, 0.4) is 0 Å². The van der Waals surface area contributed by atoms with Crippen molar-refractivity contribution in [2.45, 2.75) is 19.1 Å². The molecule has 5 heterocycles. The fourth-order valence-electron chi connectivity index (χ4n) is 4.21. The maximum atomic E-state index is 12.7. The van der Waals surface area contributed by atoms with Gasteiger partial charge in [-0.2, -0.15) is 4.98 Å². The van der Waals surface area contributed by atoms with Crippen LogP contribution < -0.4 is 19.9 Å². The molecule has 3 aromatic heterocycles. The first-order chi connectivity index (χ1) is 16.2. The van der Waals surface area contributed by atoms with Gasteiger partial charge in [0.25, 0.3) is 5.88 Å². The van der Waals surface area contributed by atoms with Gasteiger partial charge < -0.3 is 14.2 Å². The molecular weight excluding hydrogens is 420 g/mol. The van der Waals surface area contributed by atoms with E-state index in [2.05, 4.69) is 27.1 Å². The molecule has 2 aliphatic rings. The minimum absolute atomic E-state index is 0.205. The molecule has 1 atom stereocenters. The average molecular weight is 440 g/mol. The molecule has 8 nitrogen and oxygen atoms in total. The van der Waals surface area contributed by atoms with Crippen LogP contribution in [-0.2, 0) is 13.0 Å². The molecule has 0 N–H and O–H groups in total. The fraction of sp³-hybridized carbons (Fsp3) is 0.200. The van der Waals surface area contributed by atoms with Gasteiger partial charge in [0.1, 0.15) is 13.2 Å². The van der Waals surface area contributed by atoms with Gasteiger partial charge >= 0.3 is 5.69 Å². The Hall–Kier alpha value is -4.20. The largest absolute Gasteiger partial charge is 0.478 e. The van der Waals surface area contributed by atoms with E-state index in [1.54, 1.807) is 29.1 Å². The molecule has 6 rings (SSSR count). The summed E-state index contributed by atoms with van der Waals surface area (Å²) >= 11 is 0. The van der Waals surface area contributed by atoms with E-state index in [0.29, 0.717) is 24.8 Å². The van der Waals surface area contributed by atoms with Crippen molar-refractivity contribution in [2.24, 2.45) is 0 Å². The SMILES string of the molecule is O=c1nc(OCC2COc3ncccc3O2)cc2n1CCc1cc(-c3cccnc3)ccc1-2. The monoisotopic (exact) mass is 440 g/mol. The zero-order valence-electron chi connectivity index (χ0n) is 17.7. The van der Waals surface area contributed by atoms with Crippen molar-refractivity contribution in [3.05, 3.63) is 83.2 Å². The molecule has 0 radical (unpaired) electrons. The molecule has 4 aromatic rings. The number of nitrogens with zero attached hydrogens (tertiary/aromatic N) is 4. The van der Waals surface area contributed by atoms with Crippen LogP contribution in [0.1, 0.15) is 5.56 Å².